The van der Waals surface area contributed by atoms with Crippen LogP contribution in [0.25, 0.3) is 5.57 Å². The number of aryl methyl sites for hydroxylation is 1. The molecule has 0 fully saturated rings. The maximum atomic E-state index is 13.5. The Bertz CT molecular complexity index is 878. The predicted molar refractivity (Wildman–Crippen MR) is 92.3 cm³/mol. The molecule has 1 nitrogen and oxygen atoms in total. The Kier molecular flexibility index (Phi) is 3.39. The molecule has 3 heteroatoms. The maximum Gasteiger partial charge on any atom is 0.123 e. The average Bonchev–Trinajstić information content (AvgIpc) is 2.81. The Balaban J connectivity index is 1.82. The number of nitriles is 1. The van der Waals surface area contributed by atoms with Gasteiger partial charge in [0, 0.05) is 16.0 Å². The lowest BCUT2D eigenvalue weighted by Gasteiger charge is -2.36. The van der Waals surface area contributed by atoms with Crippen molar-refractivity contribution in [2.75, 3.05) is 0 Å². The smallest absolute Gasteiger partial charge is 0.123 e. The maximum absolute atomic E-state index is 13.5. The highest BCUT2D eigenvalue weighted by Crippen LogP contribution is 2.54. The van der Waals surface area contributed by atoms with Crippen LogP contribution in [0.1, 0.15) is 28.7 Å². The molecular formula is C20H15BrFN. The second-order valence-corrected chi connectivity index (χ2v) is 7.45. The quantitative estimate of drug-likeness (QED) is 0.585. The van der Waals surface area contributed by atoms with Crippen LogP contribution in [0.5, 0.6) is 0 Å². The van der Waals surface area contributed by atoms with Gasteiger partial charge in [-0.3, -0.25) is 0 Å². The first-order valence-electron chi connectivity index (χ1n) is 7.78. The van der Waals surface area contributed by atoms with Crippen LogP contribution >= 0.6 is 15.9 Å². The summed E-state index contributed by atoms with van der Waals surface area (Å²) in [4.78, 5) is 0. The van der Waals surface area contributed by atoms with Crippen molar-refractivity contribution in [2.24, 2.45) is 5.41 Å². The fraction of sp³-hybridized carbons (Fsp3) is 0.250. The van der Waals surface area contributed by atoms with Gasteiger partial charge in [0.25, 0.3) is 0 Å². The summed E-state index contributed by atoms with van der Waals surface area (Å²) in [6.45, 7) is 0. The van der Waals surface area contributed by atoms with E-state index in [4.69, 9.17) is 0 Å². The van der Waals surface area contributed by atoms with E-state index >= 15 is 0 Å². The fourth-order valence-corrected chi connectivity index (χ4v) is 4.56. The van der Waals surface area contributed by atoms with Crippen LogP contribution in [0.15, 0.2) is 46.9 Å². The van der Waals surface area contributed by atoms with Crippen molar-refractivity contribution in [1.82, 2.24) is 0 Å². The van der Waals surface area contributed by atoms with E-state index in [0.29, 0.717) is 0 Å². The standard InChI is InChI=1S/C20H15BrFN/c21-16-3-1-15-12-20(19(6-8-23)18(15)10-16)7-5-13-9-17(22)4-2-14(13)11-20/h1-4,6,9-10H,5,7,11-12H2/b19-6-. The van der Waals surface area contributed by atoms with Crippen molar-refractivity contribution in [2.45, 2.75) is 25.7 Å². The summed E-state index contributed by atoms with van der Waals surface area (Å²) in [6.07, 6.45) is 5.38. The summed E-state index contributed by atoms with van der Waals surface area (Å²) in [6, 6.07) is 13.7. The third-order valence-corrected chi connectivity index (χ3v) is 5.73. The minimum Gasteiger partial charge on any atom is -0.207 e. The van der Waals surface area contributed by atoms with E-state index in [9.17, 15) is 9.65 Å². The number of hydrogen-bond acceptors (Lipinski definition) is 1. The first-order valence-corrected chi connectivity index (χ1v) is 8.57. The molecule has 114 valence electrons. The molecule has 0 amide bonds. The van der Waals surface area contributed by atoms with Gasteiger partial charge in [0.1, 0.15) is 5.82 Å². The van der Waals surface area contributed by atoms with Gasteiger partial charge in [-0.1, -0.05) is 28.1 Å². The zero-order valence-electron chi connectivity index (χ0n) is 12.6. The van der Waals surface area contributed by atoms with Crippen LogP contribution in [0.3, 0.4) is 0 Å². The van der Waals surface area contributed by atoms with Gasteiger partial charge in [0.05, 0.1) is 6.07 Å². The lowest BCUT2D eigenvalue weighted by Crippen LogP contribution is -2.29. The summed E-state index contributed by atoms with van der Waals surface area (Å²) in [5.41, 5.74) is 5.94. The Morgan fingerprint density at radius 2 is 1.87 bits per heavy atom. The van der Waals surface area contributed by atoms with Gasteiger partial charge < -0.3 is 0 Å². The van der Waals surface area contributed by atoms with E-state index < -0.39 is 0 Å². The summed E-state index contributed by atoms with van der Waals surface area (Å²) >= 11 is 3.54. The van der Waals surface area contributed by atoms with E-state index in [0.717, 1.165) is 41.3 Å². The first-order chi connectivity index (χ1) is 11.1. The highest BCUT2D eigenvalue weighted by Gasteiger charge is 2.43. The lowest BCUT2D eigenvalue weighted by atomic mass is 9.67. The van der Waals surface area contributed by atoms with Gasteiger partial charge in [-0.25, -0.2) is 4.39 Å². The number of allylic oxidation sites excluding steroid dienone is 2. The van der Waals surface area contributed by atoms with Gasteiger partial charge in [-0.05, 0) is 77.8 Å². The number of rotatable bonds is 0. The summed E-state index contributed by atoms with van der Waals surface area (Å²) < 4.78 is 14.5. The third-order valence-electron chi connectivity index (χ3n) is 5.24. The van der Waals surface area contributed by atoms with E-state index in [-0.39, 0.29) is 11.2 Å². The molecule has 2 aliphatic carbocycles. The third kappa shape index (κ3) is 2.33. The van der Waals surface area contributed by atoms with E-state index in [1.807, 2.05) is 6.07 Å². The monoisotopic (exact) mass is 367 g/mol. The second-order valence-electron chi connectivity index (χ2n) is 6.54. The summed E-state index contributed by atoms with van der Waals surface area (Å²) in [5.74, 6) is -0.161. The zero-order chi connectivity index (χ0) is 16.0. The van der Waals surface area contributed by atoms with Gasteiger partial charge >= 0.3 is 0 Å². The van der Waals surface area contributed by atoms with Crippen molar-refractivity contribution >= 4 is 21.5 Å². The van der Waals surface area contributed by atoms with Crippen molar-refractivity contribution in [1.29, 1.82) is 5.26 Å². The molecule has 23 heavy (non-hydrogen) atoms. The molecule has 0 N–H and O–H groups in total. The van der Waals surface area contributed by atoms with Crippen LogP contribution in [-0.2, 0) is 19.3 Å². The minimum absolute atomic E-state index is 0.0241. The van der Waals surface area contributed by atoms with Gasteiger partial charge in [-0.15, -0.1) is 0 Å². The van der Waals surface area contributed by atoms with Crippen LogP contribution in [0, 0.1) is 22.6 Å². The highest BCUT2D eigenvalue weighted by molar-refractivity contribution is 9.10. The molecule has 2 aromatic carbocycles. The highest BCUT2D eigenvalue weighted by atomic mass is 79.9. The Hall–Kier alpha value is -1.92. The molecule has 1 spiro atoms. The normalized spacial score (nSPS) is 23.6. The van der Waals surface area contributed by atoms with Gasteiger partial charge in [-0.2, -0.15) is 5.26 Å². The number of hydrogen-bond donors (Lipinski definition) is 0. The van der Waals surface area contributed by atoms with Gasteiger partial charge in [0.15, 0.2) is 0 Å². The molecule has 2 aliphatic rings. The molecule has 1 atom stereocenters. The molecule has 0 radical (unpaired) electrons. The first kappa shape index (κ1) is 14.7. The lowest BCUT2D eigenvalue weighted by molar-refractivity contribution is 0.356. The van der Waals surface area contributed by atoms with E-state index in [2.05, 4.69) is 40.2 Å². The zero-order valence-corrected chi connectivity index (χ0v) is 14.2. The molecule has 4 rings (SSSR count). The summed E-state index contributed by atoms with van der Waals surface area (Å²) in [7, 11) is 0. The Morgan fingerprint density at radius 3 is 2.70 bits per heavy atom. The largest absolute Gasteiger partial charge is 0.207 e. The van der Waals surface area contributed by atoms with Crippen LogP contribution in [0.2, 0.25) is 0 Å². The van der Waals surface area contributed by atoms with Crippen molar-refractivity contribution in [3.63, 3.8) is 0 Å². The molecular weight excluding hydrogens is 353 g/mol. The van der Waals surface area contributed by atoms with Crippen molar-refractivity contribution in [3.05, 3.63) is 75.0 Å². The molecule has 0 aromatic heterocycles. The SMILES string of the molecule is N#C/C=C1/c2cc(Br)ccc2CC12CCc1cc(F)ccc1C2. The van der Waals surface area contributed by atoms with Crippen LogP contribution in [-0.4, -0.2) is 0 Å². The molecule has 0 saturated carbocycles. The van der Waals surface area contributed by atoms with Crippen LogP contribution in [0.4, 0.5) is 4.39 Å². The average molecular weight is 368 g/mol. The summed E-state index contributed by atoms with van der Waals surface area (Å²) in [5, 5.41) is 9.28. The number of halogens is 2. The molecule has 2 aromatic rings. The molecule has 1 unspecified atom stereocenters. The number of benzene rings is 2. The molecule has 0 saturated heterocycles. The number of fused-ring (bicyclic) bond motifs is 2. The van der Waals surface area contributed by atoms with Gasteiger partial charge in [0.2, 0.25) is 0 Å². The Labute approximate surface area is 143 Å². The van der Waals surface area contributed by atoms with Crippen molar-refractivity contribution in [3.8, 4) is 6.07 Å². The predicted octanol–water partition coefficient (Wildman–Crippen LogP) is 5.23. The Morgan fingerprint density at radius 1 is 1.09 bits per heavy atom. The fourth-order valence-electron chi connectivity index (χ4n) is 4.20. The van der Waals surface area contributed by atoms with E-state index in [1.54, 1.807) is 18.2 Å². The molecule has 0 heterocycles. The minimum atomic E-state index is -0.161. The topological polar surface area (TPSA) is 23.8 Å². The molecule has 0 aliphatic heterocycles. The number of nitrogens with zero attached hydrogens (tertiary/aromatic N) is 1. The second kappa shape index (κ2) is 5.32. The molecule has 0 bridgehead atoms. The van der Waals surface area contributed by atoms with Crippen LogP contribution < -0.4 is 0 Å². The van der Waals surface area contributed by atoms with E-state index in [1.165, 1.54) is 16.7 Å². The van der Waals surface area contributed by atoms with Crippen molar-refractivity contribution < 1.29 is 4.39 Å².